The summed E-state index contributed by atoms with van der Waals surface area (Å²) in [6, 6.07) is 12.5. The van der Waals surface area contributed by atoms with Gasteiger partial charge in [-0.3, -0.25) is 15.0 Å². The minimum atomic E-state index is -0.416. The van der Waals surface area contributed by atoms with Gasteiger partial charge in [-0.2, -0.15) is 0 Å². The third-order valence-corrected chi connectivity index (χ3v) is 4.92. The molecular weight excluding hydrogens is 382 g/mol. The molecule has 1 fully saturated rings. The highest BCUT2D eigenvalue weighted by molar-refractivity contribution is 5.85. The van der Waals surface area contributed by atoms with Crippen LogP contribution in [-0.4, -0.2) is 36.1 Å². The Bertz CT molecular complexity index is 791. The number of nitro benzene ring substituents is 1. The van der Waals surface area contributed by atoms with Gasteiger partial charge in [-0.15, -0.1) is 12.4 Å². The number of likely N-dealkylation sites (tertiary alicyclic amines) is 1. The van der Waals surface area contributed by atoms with E-state index in [1.54, 1.807) is 19.2 Å². The van der Waals surface area contributed by atoms with E-state index in [1.807, 2.05) is 18.2 Å². The summed E-state index contributed by atoms with van der Waals surface area (Å²) in [6.45, 7) is 5.23. The quantitative estimate of drug-likeness (QED) is 0.558. The van der Waals surface area contributed by atoms with Gasteiger partial charge in [0.15, 0.2) is 11.5 Å². The summed E-state index contributed by atoms with van der Waals surface area (Å²) < 4.78 is 11.3. The van der Waals surface area contributed by atoms with E-state index in [-0.39, 0.29) is 24.1 Å². The van der Waals surface area contributed by atoms with Crippen LogP contribution in [0, 0.1) is 16.0 Å². The number of methoxy groups -OCH3 is 1. The molecule has 8 heteroatoms. The highest BCUT2D eigenvalue weighted by Crippen LogP contribution is 2.30. The second-order valence-electron chi connectivity index (χ2n) is 7.03. The summed E-state index contributed by atoms with van der Waals surface area (Å²) in [4.78, 5) is 12.6. The van der Waals surface area contributed by atoms with E-state index in [2.05, 4.69) is 11.8 Å². The first-order chi connectivity index (χ1) is 13.0. The number of rotatable bonds is 7. The molecule has 0 amide bonds. The second kappa shape index (κ2) is 9.73. The maximum atomic E-state index is 10.7. The highest BCUT2D eigenvalue weighted by atomic mass is 35.5. The molecule has 152 valence electrons. The zero-order chi connectivity index (χ0) is 19.4. The van der Waals surface area contributed by atoms with Crippen molar-refractivity contribution in [3.63, 3.8) is 0 Å². The van der Waals surface area contributed by atoms with Crippen LogP contribution in [0.4, 0.5) is 5.69 Å². The Morgan fingerprint density at radius 2 is 1.82 bits per heavy atom. The molecule has 0 saturated carbocycles. The first-order valence-corrected chi connectivity index (χ1v) is 8.97. The summed E-state index contributed by atoms with van der Waals surface area (Å²) in [5.74, 6) is 1.83. The average Bonchev–Trinajstić information content (AvgIpc) is 2.98. The average molecular weight is 408 g/mol. The predicted molar refractivity (Wildman–Crippen MR) is 110 cm³/mol. The first-order valence-electron chi connectivity index (χ1n) is 8.97. The van der Waals surface area contributed by atoms with Crippen molar-refractivity contribution >= 4 is 18.1 Å². The molecule has 1 aliphatic rings. The molecule has 0 spiro atoms. The lowest BCUT2D eigenvalue weighted by molar-refractivity contribution is -0.384. The molecule has 2 N–H and O–H groups in total. The number of nitro groups is 1. The van der Waals surface area contributed by atoms with E-state index in [9.17, 15) is 10.1 Å². The zero-order valence-corrected chi connectivity index (χ0v) is 16.9. The van der Waals surface area contributed by atoms with Crippen molar-refractivity contribution in [1.29, 1.82) is 0 Å². The van der Waals surface area contributed by atoms with Crippen LogP contribution >= 0.6 is 12.4 Å². The summed E-state index contributed by atoms with van der Waals surface area (Å²) in [5, 5.41) is 10.7. The number of benzene rings is 2. The lowest BCUT2D eigenvalue weighted by Gasteiger charge is -2.17. The number of hydrogen-bond acceptors (Lipinski definition) is 6. The van der Waals surface area contributed by atoms with Gasteiger partial charge < -0.3 is 15.2 Å². The molecule has 0 radical (unpaired) electrons. The van der Waals surface area contributed by atoms with Gasteiger partial charge >= 0.3 is 0 Å². The van der Waals surface area contributed by atoms with E-state index >= 15 is 0 Å². The number of non-ortho nitro benzene ring substituents is 1. The standard InChI is InChI=1S/C20H25N3O4.ClH/c1-14-10-22(12-18(14)21)11-16-5-8-19(20(9-16)26-2)27-13-15-3-6-17(7-4-15)23(24)25;/h3-9,14,18H,10-13,21H2,1-2H3;1H. The van der Waals surface area contributed by atoms with E-state index in [4.69, 9.17) is 15.2 Å². The molecule has 1 aliphatic heterocycles. The Morgan fingerprint density at radius 1 is 1.14 bits per heavy atom. The van der Waals surface area contributed by atoms with Crippen molar-refractivity contribution < 1.29 is 14.4 Å². The van der Waals surface area contributed by atoms with Gasteiger partial charge in [0.25, 0.3) is 5.69 Å². The largest absolute Gasteiger partial charge is 0.493 e. The summed E-state index contributed by atoms with van der Waals surface area (Å²) in [7, 11) is 1.62. The van der Waals surface area contributed by atoms with Crippen LogP contribution in [-0.2, 0) is 13.2 Å². The number of ether oxygens (including phenoxy) is 2. The van der Waals surface area contributed by atoms with Gasteiger partial charge in [0.05, 0.1) is 12.0 Å². The zero-order valence-electron chi connectivity index (χ0n) is 16.0. The van der Waals surface area contributed by atoms with Crippen LogP contribution in [0.5, 0.6) is 11.5 Å². The minimum Gasteiger partial charge on any atom is -0.493 e. The number of nitrogens with zero attached hydrogens (tertiary/aromatic N) is 2. The fraction of sp³-hybridized carbons (Fsp3) is 0.400. The molecule has 1 heterocycles. The predicted octanol–water partition coefficient (Wildman–Crippen LogP) is 3.38. The lowest BCUT2D eigenvalue weighted by Crippen LogP contribution is -2.28. The summed E-state index contributed by atoms with van der Waals surface area (Å²) >= 11 is 0. The Kier molecular flexibility index (Phi) is 7.62. The smallest absolute Gasteiger partial charge is 0.269 e. The molecule has 3 rings (SSSR count). The first kappa shape index (κ1) is 21.9. The van der Waals surface area contributed by atoms with Crippen molar-refractivity contribution in [2.24, 2.45) is 11.7 Å². The topological polar surface area (TPSA) is 90.9 Å². The Balaban J connectivity index is 0.00000280. The van der Waals surface area contributed by atoms with Gasteiger partial charge in [0, 0.05) is 37.8 Å². The Morgan fingerprint density at radius 3 is 2.39 bits per heavy atom. The number of nitrogens with two attached hydrogens (primary N) is 1. The van der Waals surface area contributed by atoms with E-state index in [1.165, 1.54) is 12.1 Å². The maximum absolute atomic E-state index is 10.7. The molecule has 0 bridgehead atoms. The Hall–Kier alpha value is -2.35. The molecular formula is C20H26ClN3O4. The van der Waals surface area contributed by atoms with Gasteiger partial charge in [-0.1, -0.05) is 13.0 Å². The minimum absolute atomic E-state index is 0. The van der Waals surface area contributed by atoms with Crippen molar-refractivity contribution in [3.8, 4) is 11.5 Å². The normalized spacial score (nSPS) is 19.1. The van der Waals surface area contributed by atoms with E-state index in [0.29, 0.717) is 24.0 Å². The van der Waals surface area contributed by atoms with Crippen molar-refractivity contribution in [1.82, 2.24) is 4.90 Å². The van der Waals surface area contributed by atoms with Gasteiger partial charge in [0.1, 0.15) is 6.61 Å². The second-order valence-corrected chi connectivity index (χ2v) is 7.03. The molecule has 1 saturated heterocycles. The number of hydrogen-bond donors (Lipinski definition) is 1. The monoisotopic (exact) mass is 407 g/mol. The molecule has 2 unspecified atom stereocenters. The Labute approximate surface area is 171 Å². The molecule has 0 aromatic heterocycles. The maximum Gasteiger partial charge on any atom is 0.269 e. The van der Waals surface area contributed by atoms with Crippen LogP contribution < -0.4 is 15.2 Å². The summed E-state index contributed by atoms with van der Waals surface area (Å²) in [5.41, 5.74) is 8.17. The number of halogens is 1. The van der Waals surface area contributed by atoms with Crippen LogP contribution in [0.15, 0.2) is 42.5 Å². The third-order valence-electron chi connectivity index (χ3n) is 4.92. The molecule has 2 aromatic rings. The van der Waals surface area contributed by atoms with Crippen LogP contribution in [0.3, 0.4) is 0 Å². The fourth-order valence-corrected chi connectivity index (χ4v) is 3.29. The van der Waals surface area contributed by atoms with Crippen LogP contribution in [0.1, 0.15) is 18.1 Å². The van der Waals surface area contributed by atoms with E-state index in [0.717, 1.165) is 30.8 Å². The molecule has 7 nitrogen and oxygen atoms in total. The summed E-state index contributed by atoms with van der Waals surface area (Å²) in [6.07, 6.45) is 0. The molecule has 28 heavy (non-hydrogen) atoms. The van der Waals surface area contributed by atoms with E-state index < -0.39 is 4.92 Å². The van der Waals surface area contributed by atoms with Crippen molar-refractivity contribution in [3.05, 3.63) is 63.7 Å². The molecule has 0 aliphatic carbocycles. The molecule has 2 aromatic carbocycles. The lowest BCUT2D eigenvalue weighted by atomic mass is 10.1. The third kappa shape index (κ3) is 5.34. The SMILES string of the molecule is COc1cc(CN2CC(C)C(N)C2)ccc1OCc1ccc([N+](=O)[O-])cc1.Cl. The van der Waals surface area contributed by atoms with Crippen molar-refractivity contribution in [2.45, 2.75) is 26.1 Å². The van der Waals surface area contributed by atoms with Gasteiger partial charge in [-0.05, 0) is 41.3 Å². The molecule has 2 atom stereocenters. The van der Waals surface area contributed by atoms with Crippen LogP contribution in [0.2, 0.25) is 0 Å². The van der Waals surface area contributed by atoms with Crippen molar-refractivity contribution in [2.75, 3.05) is 20.2 Å². The highest BCUT2D eigenvalue weighted by Gasteiger charge is 2.26. The fourth-order valence-electron chi connectivity index (χ4n) is 3.29. The van der Waals surface area contributed by atoms with Gasteiger partial charge in [0.2, 0.25) is 0 Å². The van der Waals surface area contributed by atoms with Crippen LogP contribution in [0.25, 0.3) is 0 Å². The van der Waals surface area contributed by atoms with Gasteiger partial charge in [-0.25, -0.2) is 0 Å².